The number of anilines is 2. The van der Waals surface area contributed by atoms with Gasteiger partial charge in [0.05, 0.1) is 6.61 Å². The third-order valence-electron chi connectivity index (χ3n) is 2.14. The predicted octanol–water partition coefficient (Wildman–Crippen LogP) is 2.98. The van der Waals surface area contributed by atoms with Gasteiger partial charge in [0, 0.05) is 5.69 Å². The van der Waals surface area contributed by atoms with E-state index in [4.69, 9.17) is 16.3 Å². The molecule has 0 unspecified atom stereocenters. The van der Waals surface area contributed by atoms with Crippen LogP contribution in [0.15, 0.2) is 24.3 Å². The van der Waals surface area contributed by atoms with Gasteiger partial charge >= 0.3 is 6.01 Å². The molecule has 0 atom stereocenters. The third kappa shape index (κ3) is 3.30. The highest BCUT2D eigenvalue weighted by Crippen LogP contribution is 2.17. The zero-order valence-corrected chi connectivity index (χ0v) is 10.9. The molecule has 2 aromatic rings. The second-order valence-electron chi connectivity index (χ2n) is 3.64. The van der Waals surface area contributed by atoms with Gasteiger partial charge in [0.25, 0.3) is 0 Å². The van der Waals surface area contributed by atoms with Crippen LogP contribution in [0.5, 0.6) is 6.01 Å². The van der Waals surface area contributed by atoms with Gasteiger partial charge in [0.1, 0.15) is 0 Å². The Morgan fingerprint density at radius 2 is 2.11 bits per heavy atom. The fourth-order valence-corrected chi connectivity index (χ4v) is 1.59. The molecule has 1 aromatic carbocycles. The molecule has 1 heterocycles. The molecule has 0 saturated heterocycles. The van der Waals surface area contributed by atoms with Crippen molar-refractivity contribution in [1.82, 2.24) is 15.0 Å². The molecular formula is C12H13ClN4O. The maximum Gasteiger partial charge on any atom is 0.322 e. The van der Waals surface area contributed by atoms with Crippen LogP contribution in [-0.2, 0) is 0 Å². The van der Waals surface area contributed by atoms with E-state index < -0.39 is 0 Å². The number of aryl methyl sites for hydroxylation is 1. The van der Waals surface area contributed by atoms with E-state index in [1.807, 2.05) is 38.1 Å². The van der Waals surface area contributed by atoms with Crippen LogP contribution >= 0.6 is 11.6 Å². The van der Waals surface area contributed by atoms with Crippen LogP contribution in [-0.4, -0.2) is 21.6 Å². The molecule has 18 heavy (non-hydrogen) atoms. The molecule has 0 bridgehead atoms. The van der Waals surface area contributed by atoms with Crippen LogP contribution in [0.2, 0.25) is 5.28 Å². The predicted molar refractivity (Wildman–Crippen MR) is 70.5 cm³/mol. The number of rotatable bonds is 4. The monoisotopic (exact) mass is 264 g/mol. The molecule has 0 aliphatic rings. The lowest BCUT2D eigenvalue weighted by molar-refractivity contribution is 0.312. The minimum atomic E-state index is 0.101. The normalized spacial score (nSPS) is 10.2. The SMILES string of the molecule is CCOc1nc(Cl)nc(Nc2cccc(C)c2)n1. The maximum absolute atomic E-state index is 5.80. The maximum atomic E-state index is 5.80. The van der Waals surface area contributed by atoms with E-state index in [1.165, 1.54) is 0 Å². The van der Waals surface area contributed by atoms with Crippen molar-refractivity contribution < 1.29 is 4.74 Å². The minimum absolute atomic E-state index is 0.101. The minimum Gasteiger partial charge on any atom is -0.464 e. The average molecular weight is 265 g/mol. The van der Waals surface area contributed by atoms with Crippen LogP contribution in [0, 0.1) is 6.92 Å². The van der Waals surface area contributed by atoms with E-state index in [9.17, 15) is 0 Å². The molecule has 6 heteroatoms. The summed E-state index contributed by atoms with van der Waals surface area (Å²) in [6.07, 6.45) is 0. The van der Waals surface area contributed by atoms with Crippen molar-refractivity contribution >= 4 is 23.2 Å². The lowest BCUT2D eigenvalue weighted by atomic mass is 10.2. The first-order valence-corrected chi connectivity index (χ1v) is 5.93. The van der Waals surface area contributed by atoms with Crippen molar-refractivity contribution in [2.45, 2.75) is 13.8 Å². The standard InChI is InChI=1S/C12H13ClN4O/c1-3-18-12-16-10(13)15-11(17-12)14-9-6-4-5-8(2)7-9/h4-7H,3H2,1-2H3,(H,14,15,16,17). The second kappa shape index (κ2) is 5.64. The first-order chi connectivity index (χ1) is 8.67. The van der Waals surface area contributed by atoms with Gasteiger partial charge in [-0.1, -0.05) is 12.1 Å². The van der Waals surface area contributed by atoms with Crippen molar-refractivity contribution in [3.05, 3.63) is 35.1 Å². The number of hydrogen-bond donors (Lipinski definition) is 1. The number of nitrogens with zero attached hydrogens (tertiary/aromatic N) is 3. The number of nitrogens with one attached hydrogen (secondary N) is 1. The second-order valence-corrected chi connectivity index (χ2v) is 3.98. The first kappa shape index (κ1) is 12.6. The first-order valence-electron chi connectivity index (χ1n) is 5.55. The number of aromatic nitrogens is 3. The van der Waals surface area contributed by atoms with Gasteiger partial charge in [-0.3, -0.25) is 0 Å². The molecule has 0 saturated carbocycles. The molecule has 0 fully saturated rings. The van der Waals surface area contributed by atoms with Crippen LogP contribution < -0.4 is 10.1 Å². The largest absolute Gasteiger partial charge is 0.464 e. The summed E-state index contributed by atoms with van der Waals surface area (Å²) in [6, 6.07) is 8.08. The van der Waals surface area contributed by atoms with Crippen molar-refractivity contribution in [2.75, 3.05) is 11.9 Å². The summed E-state index contributed by atoms with van der Waals surface area (Å²) in [6.45, 7) is 4.34. The van der Waals surface area contributed by atoms with Gasteiger partial charge < -0.3 is 10.1 Å². The van der Waals surface area contributed by atoms with Crippen molar-refractivity contribution in [1.29, 1.82) is 0 Å². The van der Waals surface area contributed by atoms with Crippen LogP contribution in [0.3, 0.4) is 0 Å². The molecule has 0 radical (unpaired) electrons. The molecule has 1 N–H and O–H groups in total. The smallest absolute Gasteiger partial charge is 0.322 e. The number of halogens is 1. The topological polar surface area (TPSA) is 59.9 Å². The molecule has 1 aromatic heterocycles. The zero-order valence-electron chi connectivity index (χ0n) is 10.1. The highest BCUT2D eigenvalue weighted by molar-refractivity contribution is 6.28. The molecule has 0 aliphatic heterocycles. The molecule has 2 rings (SSSR count). The molecule has 0 aliphatic carbocycles. The molecule has 94 valence electrons. The Balaban J connectivity index is 2.23. The average Bonchev–Trinajstić information content (AvgIpc) is 2.28. The molecule has 0 spiro atoms. The number of ether oxygens (including phenoxy) is 1. The summed E-state index contributed by atoms with van der Waals surface area (Å²) in [5, 5.41) is 3.16. The van der Waals surface area contributed by atoms with Gasteiger partial charge in [0.2, 0.25) is 11.2 Å². The summed E-state index contributed by atoms with van der Waals surface area (Å²) in [4.78, 5) is 12.0. The Labute approximate surface area is 110 Å². The van der Waals surface area contributed by atoms with Crippen LogP contribution in [0.25, 0.3) is 0 Å². The summed E-state index contributed by atoms with van der Waals surface area (Å²) >= 11 is 5.80. The highest BCUT2D eigenvalue weighted by atomic mass is 35.5. The Bertz CT molecular complexity index is 547. The molecule has 5 nitrogen and oxygen atoms in total. The Kier molecular flexibility index (Phi) is 3.94. The van der Waals surface area contributed by atoms with Crippen LogP contribution in [0.4, 0.5) is 11.6 Å². The summed E-state index contributed by atoms with van der Waals surface area (Å²) in [5.74, 6) is 0.365. The quantitative estimate of drug-likeness (QED) is 0.920. The summed E-state index contributed by atoms with van der Waals surface area (Å²) < 4.78 is 5.20. The Hall–Kier alpha value is -1.88. The van der Waals surface area contributed by atoms with E-state index >= 15 is 0 Å². The van der Waals surface area contributed by atoms with Gasteiger partial charge in [-0.2, -0.15) is 15.0 Å². The lowest BCUT2D eigenvalue weighted by Gasteiger charge is -2.07. The Morgan fingerprint density at radius 3 is 2.83 bits per heavy atom. The zero-order chi connectivity index (χ0) is 13.0. The van der Waals surface area contributed by atoms with Gasteiger partial charge in [-0.25, -0.2) is 0 Å². The fraction of sp³-hybridized carbons (Fsp3) is 0.250. The molecular weight excluding hydrogens is 252 g/mol. The van der Waals surface area contributed by atoms with Gasteiger partial charge in [-0.15, -0.1) is 0 Å². The molecule has 0 amide bonds. The van der Waals surface area contributed by atoms with E-state index in [1.54, 1.807) is 0 Å². The summed E-state index contributed by atoms with van der Waals surface area (Å²) in [5.41, 5.74) is 2.03. The highest BCUT2D eigenvalue weighted by Gasteiger charge is 2.05. The Morgan fingerprint density at radius 1 is 1.28 bits per heavy atom. The van der Waals surface area contributed by atoms with Crippen LogP contribution in [0.1, 0.15) is 12.5 Å². The fourth-order valence-electron chi connectivity index (χ4n) is 1.43. The van der Waals surface area contributed by atoms with Gasteiger partial charge in [-0.05, 0) is 43.1 Å². The number of hydrogen-bond acceptors (Lipinski definition) is 5. The summed E-state index contributed by atoms with van der Waals surface area (Å²) in [7, 11) is 0. The number of benzene rings is 1. The van der Waals surface area contributed by atoms with E-state index in [2.05, 4.69) is 20.3 Å². The lowest BCUT2D eigenvalue weighted by Crippen LogP contribution is -2.03. The van der Waals surface area contributed by atoms with E-state index in [0.717, 1.165) is 11.3 Å². The van der Waals surface area contributed by atoms with Crippen molar-refractivity contribution in [3.8, 4) is 6.01 Å². The van der Waals surface area contributed by atoms with Gasteiger partial charge in [0.15, 0.2) is 0 Å². The van der Waals surface area contributed by atoms with E-state index in [-0.39, 0.29) is 11.3 Å². The van der Waals surface area contributed by atoms with Crippen molar-refractivity contribution in [3.63, 3.8) is 0 Å². The third-order valence-corrected chi connectivity index (χ3v) is 2.30. The van der Waals surface area contributed by atoms with E-state index in [0.29, 0.717) is 12.6 Å². The van der Waals surface area contributed by atoms with Crippen molar-refractivity contribution in [2.24, 2.45) is 0 Å².